The normalized spacial score (nSPS) is 11.6. The van der Waals surface area contributed by atoms with E-state index >= 15 is 0 Å². The van der Waals surface area contributed by atoms with Crippen LogP contribution in [0.25, 0.3) is 0 Å². The van der Waals surface area contributed by atoms with E-state index in [9.17, 15) is 9.59 Å². The molecule has 2 aromatic rings. The van der Waals surface area contributed by atoms with Crippen LogP contribution in [-0.4, -0.2) is 24.2 Å². The molecular weight excluding hydrogens is 336 g/mol. The Labute approximate surface area is 151 Å². The van der Waals surface area contributed by atoms with E-state index in [1.165, 1.54) is 11.8 Å². The number of hydrogen-bond donors (Lipinski definition) is 2. The first kappa shape index (κ1) is 18.9. The number of hydrogen-bond acceptors (Lipinski definition) is 4. The van der Waals surface area contributed by atoms with Crippen molar-refractivity contribution in [1.29, 1.82) is 0 Å². The fourth-order valence-corrected chi connectivity index (χ4v) is 3.09. The molecule has 1 atom stereocenters. The van der Waals surface area contributed by atoms with Crippen LogP contribution in [0.15, 0.2) is 53.4 Å². The Morgan fingerprint density at radius 1 is 1.16 bits per heavy atom. The number of carbonyl (C=O) groups excluding carboxylic acids is 2. The number of nitrogens with two attached hydrogens (primary N) is 1. The summed E-state index contributed by atoms with van der Waals surface area (Å²) in [6.07, 6.45) is 0. The second-order valence-electron chi connectivity index (χ2n) is 5.45. The Balaban J connectivity index is 2.07. The zero-order valence-electron chi connectivity index (χ0n) is 14.3. The molecule has 0 spiro atoms. The zero-order valence-corrected chi connectivity index (χ0v) is 15.1. The lowest BCUT2D eigenvalue weighted by Gasteiger charge is -2.16. The average molecular weight is 358 g/mol. The smallest absolute Gasteiger partial charge is 0.252 e. The van der Waals surface area contributed by atoms with E-state index in [4.69, 9.17) is 10.5 Å². The molecule has 0 saturated heterocycles. The molecule has 1 unspecified atom stereocenters. The number of rotatable bonds is 8. The van der Waals surface area contributed by atoms with Crippen LogP contribution in [0.4, 0.5) is 0 Å². The highest BCUT2D eigenvalue weighted by atomic mass is 32.2. The first-order valence-corrected chi connectivity index (χ1v) is 9.03. The predicted octanol–water partition coefficient (Wildman–Crippen LogP) is 3.15. The third-order valence-electron chi connectivity index (χ3n) is 3.54. The topological polar surface area (TPSA) is 81.4 Å². The molecule has 132 valence electrons. The molecule has 0 radical (unpaired) electrons. The highest BCUT2D eigenvalue weighted by Gasteiger charge is 2.15. The minimum Gasteiger partial charge on any atom is -0.494 e. The number of ether oxygens (including phenoxy) is 1. The number of primary amides is 1. The minimum atomic E-state index is -0.414. The van der Waals surface area contributed by atoms with Crippen molar-refractivity contribution in [2.45, 2.75) is 24.8 Å². The van der Waals surface area contributed by atoms with E-state index in [0.29, 0.717) is 12.2 Å². The van der Waals surface area contributed by atoms with Crippen LogP contribution in [-0.2, 0) is 4.79 Å². The Morgan fingerprint density at radius 2 is 1.84 bits per heavy atom. The van der Waals surface area contributed by atoms with E-state index in [2.05, 4.69) is 5.32 Å². The highest BCUT2D eigenvalue weighted by molar-refractivity contribution is 8.00. The van der Waals surface area contributed by atoms with Gasteiger partial charge in [-0.25, -0.2) is 0 Å². The molecule has 2 aromatic carbocycles. The van der Waals surface area contributed by atoms with E-state index in [-0.39, 0.29) is 17.7 Å². The third kappa shape index (κ3) is 5.53. The number of carbonyl (C=O) groups is 2. The Bertz CT molecular complexity index is 732. The van der Waals surface area contributed by atoms with Gasteiger partial charge in [-0.2, -0.15) is 0 Å². The number of amides is 2. The van der Waals surface area contributed by atoms with Crippen molar-refractivity contribution in [2.75, 3.05) is 12.4 Å². The summed E-state index contributed by atoms with van der Waals surface area (Å²) in [6, 6.07) is 14.7. The van der Waals surface area contributed by atoms with Gasteiger partial charge in [-0.05, 0) is 43.7 Å². The molecule has 0 aromatic heterocycles. The molecule has 2 amide bonds. The van der Waals surface area contributed by atoms with Crippen LogP contribution in [0, 0.1) is 0 Å². The van der Waals surface area contributed by atoms with Crippen LogP contribution >= 0.6 is 11.8 Å². The molecule has 5 nitrogen and oxygen atoms in total. The van der Waals surface area contributed by atoms with Crippen LogP contribution in [0.3, 0.4) is 0 Å². The highest BCUT2D eigenvalue weighted by Crippen LogP contribution is 2.24. The minimum absolute atomic E-state index is 0.138. The first-order chi connectivity index (χ1) is 12.0. The third-order valence-corrected chi connectivity index (χ3v) is 4.64. The lowest BCUT2D eigenvalue weighted by atomic mass is 10.1. The van der Waals surface area contributed by atoms with Gasteiger partial charge in [0.1, 0.15) is 5.75 Å². The molecule has 0 saturated carbocycles. The lowest BCUT2D eigenvalue weighted by molar-refractivity contribution is -0.115. The number of benzene rings is 2. The van der Waals surface area contributed by atoms with Gasteiger partial charge in [0.2, 0.25) is 5.91 Å². The van der Waals surface area contributed by atoms with E-state index in [1.54, 1.807) is 12.1 Å². The Kier molecular flexibility index (Phi) is 6.89. The summed E-state index contributed by atoms with van der Waals surface area (Å²) in [4.78, 5) is 24.3. The van der Waals surface area contributed by atoms with Gasteiger partial charge in [0, 0.05) is 4.90 Å². The van der Waals surface area contributed by atoms with Gasteiger partial charge < -0.3 is 15.8 Å². The molecule has 2 rings (SSSR count). The van der Waals surface area contributed by atoms with Crippen molar-refractivity contribution >= 4 is 23.6 Å². The van der Waals surface area contributed by atoms with Gasteiger partial charge in [-0.3, -0.25) is 9.59 Å². The molecule has 0 fully saturated rings. The molecule has 0 aliphatic heterocycles. The summed E-state index contributed by atoms with van der Waals surface area (Å²) in [5, 5.41) is 2.98. The SMILES string of the molecule is CCOc1ccc(C(C)NC(=O)c2ccccc2SCC(N)=O)cc1. The summed E-state index contributed by atoms with van der Waals surface area (Å²) < 4.78 is 5.43. The Hall–Kier alpha value is -2.47. The largest absolute Gasteiger partial charge is 0.494 e. The molecule has 3 N–H and O–H groups in total. The first-order valence-electron chi connectivity index (χ1n) is 8.05. The fourth-order valence-electron chi connectivity index (χ4n) is 2.31. The summed E-state index contributed by atoms with van der Waals surface area (Å²) in [7, 11) is 0. The maximum absolute atomic E-state index is 12.6. The molecule has 0 aliphatic rings. The van der Waals surface area contributed by atoms with Crippen molar-refractivity contribution in [3.05, 3.63) is 59.7 Å². The maximum atomic E-state index is 12.6. The molecule has 25 heavy (non-hydrogen) atoms. The van der Waals surface area contributed by atoms with Crippen molar-refractivity contribution in [1.82, 2.24) is 5.32 Å². The molecule has 0 bridgehead atoms. The summed E-state index contributed by atoms with van der Waals surface area (Å²) in [6.45, 7) is 4.47. The second kappa shape index (κ2) is 9.13. The van der Waals surface area contributed by atoms with Gasteiger partial charge in [-0.1, -0.05) is 24.3 Å². The molecule has 6 heteroatoms. The van der Waals surface area contributed by atoms with Gasteiger partial charge >= 0.3 is 0 Å². The molecule has 0 aliphatic carbocycles. The standard InChI is InChI=1S/C19H22N2O3S/c1-3-24-15-10-8-14(9-11-15)13(2)21-19(23)16-6-4-5-7-17(16)25-12-18(20)22/h4-11,13H,3,12H2,1-2H3,(H2,20,22)(H,21,23). The number of nitrogens with one attached hydrogen (secondary N) is 1. The monoisotopic (exact) mass is 358 g/mol. The van der Waals surface area contributed by atoms with Gasteiger partial charge in [-0.15, -0.1) is 11.8 Å². The van der Waals surface area contributed by atoms with Crippen molar-refractivity contribution < 1.29 is 14.3 Å². The quantitative estimate of drug-likeness (QED) is 0.710. The van der Waals surface area contributed by atoms with E-state index < -0.39 is 5.91 Å². The lowest BCUT2D eigenvalue weighted by Crippen LogP contribution is -2.27. The van der Waals surface area contributed by atoms with Gasteiger partial charge in [0.05, 0.1) is 24.0 Å². The predicted molar refractivity (Wildman–Crippen MR) is 99.9 cm³/mol. The van der Waals surface area contributed by atoms with Crippen molar-refractivity contribution in [3.63, 3.8) is 0 Å². The van der Waals surface area contributed by atoms with Crippen LogP contribution < -0.4 is 15.8 Å². The fraction of sp³-hybridized carbons (Fsp3) is 0.263. The van der Waals surface area contributed by atoms with Gasteiger partial charge in [0.25, 0.3) is 5.91 Å². The summed E-state index contributed by atoms with van der Waals surface area (Å²) >= 11 is 1.26. The molecular formula is C19H22N2O3S. The second-order valence-corrected chi connectivity index (χ2v) is 6.47. The van der Waals surface area contributed by atoms with Crippen LogP contribution in [0.1, 0.15) is 35.8 Å². The van der Waals surface area contributed by atoms with Crippen LogP contribution in [0.5, 0.6) is 5.75 Å². The summed E-state index contributed by atoms with van der Waals surface area (Å²) in [5.41, 5.74) is 6.71. The van der Waals surface area contributed by atoms with Crippen molar-refractivity contribution in [3.8, 4) is 5.75 Å². The maximum Gasteiger partial charge on any atom is 0.252 e. The van der Waals surface area contributed by atoms with Crippen LogP contribution in [0.2, 0.25) is 0 Å². The van der Waals surface area contributed by atoms with Crippen molar-refractivity contribution in [2.24, 2.45) is 5.73 Å². The number of thioether (sulfide) groups is 1. The average Bonchev–Trinajstić information content (AvgIpc) is 2.61. The zero-order chi connectivity index (χ0) is 18.2. The van der Waals surface area contributed by atoms with Gasteiger partial charge in [0.15, 0.2) is 0 Å². The van der Waals surface area contributed by atoms with E-state index in [1.807, 2.05) is 50.2 Å². The Morgan fingerprint density at radius 3 is 2.48 bits per heavy atom. The van der Waals surface area contributed by atoms with E-state index in [0.717, 1.165) is 16.2 Å². The molecule has 0 heterocycles. The summed E-state index contributed by atoms with van der Waals surface area (Å²) in [5.74, 6) is 0.341.